The van der Waals surface area contributed by atoms with Crippen LogP contribution in [0.5, 0.6) is 0 Å². The summed E-state index contributed by atoms with van der Waals surface area (Å²) in [7, 11) is 0. The molecule has 2 N–H and O–H groups in total. The zero-order chi connectivity index (χ0) is 18.7. The third kappa shape index (κ3) is 2.44. The Hall–Kier alpha value is -0.860. The Morgan fingerprint density at radius 2 is 1.88 bits per heavy atom. The van der Waals surface area contributed by atoms with E-state index in [0.717, 1.165) is 12.3 Å². The van der Waals surface area contributed by atoms with Gasteiger partial charge in [0.05, 0.1) is 12.2 Å². The monoisotopic (exact) mass is 356 g/mol. The van der Waals surface area contributed by atoms with E-state index < -0.39 is 6.10 Å². The van der Waals surface area contributed by atoms with Gasteiger partial charge in [0.1, 0.15) is 0 Å². The van der Waals surface area contributed by atoms with Crippen molar-refractivity contribution in [3.8, 4) is 0 Å². The molecule has 0 aromatic rings. The van der Waals surface area contributed by atoms with Gasteiger partial charge in [-0.3, -0.25) is 0 Å². The first-order chi connectivity index (χ1) is 12.3. The van der Waals surface area contributed by atoms with Crippen molar-refractivity contribution in [2.75, 3.05) is 0 Å². The zero-order valence-electron chi connectivity index (χ0n) is 16.9. The molecule has 0 saturated heterocycles. The van der Waals surface area contributed by atoms with E-state index in [2.05, 4.69) is 52.0 Å². The maximum Gasteiger partial charge on any atom is 0.0661 e. The van der Waals surface area contributed by atoms with Crippen molar-refractivity contribution in [2.24, 2.45) is 34.5 Å². The molecule has 26 heavy (non-hydrogen) atoms. The molecule has 3 saturated carbocycles. The maximum absolute atomic E-state index is 11.0. The van der Waals surface area contributed by atoms with Gasteiger partial charge in [-0.1, -0.05) is 56.2 Å². The molecule has 0 radical (unpaired) electrons. The molecule has 0 aromatic carbocycles. The fraction of sp³-hybridized carbons (Fsp3) is 0.750. The summed E-state index contributed by atoms with van der Waals surface area (Å²) in [5, 5.41) is 21.1. The Morgan fingerprint density at radius 3 is 2.62 bits per heavy atom. The first kappa shape index (κ1) is 18.5. The lowest BCUT2D eigenvalue weighted by Gasteiger charge is -2.56. The van der Waals surface area contributed by atoms with Gasteiger partial charge in [-0.15, -0.1) is 0 Å². The van der Waals surface area contributed by atoms with Gasteiger partial charge in [-0.05, 0) is 68.1 Å². The molecular weight excluding hydrogens is 320 g/mol. The van der Waals surface area contributed by atoms with Crippen molar-refractivity contribution in [3.05, 3.63) is 35.5 Å². The average Bonchev–Trinajstić information content (AvgIpc) is 2.94. The van der Waals surface area contributed by atoms with E-state index in [9.17, 15) is 10.2 Å². The number of aliphatic hydroxyl groups excluding tert-OH is 2. The smallest absolute Gasteiger partial charge is 0.0661 e. The number of hydrogen-bond donors (Lipinski definition) is 2. The van der Waals surface area contributed by atoms with Crippen molar-refractivity contribution in [2.45, 2.75) is 78.4 Å². The minimum atomic E-state index is -0.422. The second kappa shape index (κ2) is 6.34. The fourth-order valence-corrected chi connectivity index (χ4v) is 7.39. The highest BCUT2D eigenvalue weighted by Crippen LogP contribution is 2.65. The topological polar surface area (TPSA) is 40.5 Å². The van der Waals surface area contributed by atoms with Gasteiger partial charge in [0.15, 0.2) is 0 Å². The van der Waals surface area contributed by atoms with Crippen molar-refractivity contribution in [3.63, 3.8) is 0 Å². The number of hydrogen-bond acceptors (Lipinski definition) is 2. The van der Waals surface area contributed by atoms with Gasteiger partial charge >= 0.3 is 0 Å². The van der Waals surface area contributed by atoms with Gasteiger partial charge < -0.3 is 10.2 Å². The van der Waals surface area contributed by atoms with Gasteiger partial charge in [-0.2, -0.15) is 0 Å². The van der Waals surface area contributed by atoms with Crippen LogP contribution in [0.15, 0.2) is 35.5 Å². The summed E-state index contributed by atoms with van der Waals surface area (Å²) < 4.78 is 0. The lowest BCUT2D eigenvalue weighted by Crippen LogP contribution is -2.52. The van der Waals surface area contributed by atoms with Crippen molar-refractivity contribution in [1.82, 2.24) is 0 Å². The predicted octanol–water partition coefficient (Wildman–Crippen LogP) is 5.03. The fourth-order valence-electron chi connectivity index (χ4n) is 7.39. The molecular formula is C24H36O2. The number of fused-ring (bicyclic) bond motifs is 5. The predicted molar refractivity (Wildman–Crippen MR) is 107 cm³/mol. The van der Waals surface area contributed by atoms with Gasteiger partial charge in [0.2, 0.25) is 0 Å². The van der Waals surface area contributed by atoms with E-state index >= 15 is 0 Å². The highest BCUT2D eigenvalue weighted by atomic mass is 16.3. The summed E-state index contributed by atoms with van der Waals surface area (Å²) in [6.45, 7) is 9.34. The zero-order valence-corrected chi connectivity index (χ0v) is 16.9. The van der Waals surface area contributed by atoms with Gasteiger partial charge in [0.25, 0.3) is 0 Å². The van der Waals surface area contributed by atoms with E-state index in [-0.39, 0.29) is 11.5 Å². The number of rotatable bonds is 2. The van der Waals surface area contributed by atoms with Crippen LogP contribution in [0.2, 0.25) is 0 Å². The minimum Gasteiger partial charge on any atom is -0.393 e. The molecule has 2 unspecified atom stereocenters. The van der Waals surface area contributed by atoms with Crippen LogP contribution >= 0.6 is 0 Å². The third-order valence-corrected chi connectivity index (χ3v) is 8.85. The molecule has 4 rings (SSSR count). The minimum absolute atomic E-state index is 0.169. The Morgan fingerprint density at radius 1 is 1.12 bits per heavy atom. The highest BCUT2D eigenvalue weighted by Gasteiger charge is 2.58. The molecule has 0 aromatic heterocycles. The van der Waals surface area contributed by atoms with E-state index in [4.69, 9.17) is 0 Å². The van der Waals surface area contributed by atoms with E-state index in [1.54, 1.807) is 5.57 Å². The molecule has 4 aliphatic carbocycles. The molecule has 2 nitrogen and oxygen atoms in total. The summed E-state index contributed by atoms with van der Waals surface area (Å²) in [6, 6.07) is 0. The van der Waals surface area contributed by atoms with E-state index in [1.165, 1.54) is 31.3 Å². The highest BCUT2D eigenvalue weighted by molar-refractivity contribution is 5.40. The van der Waals surface area contributed by atoms with Crippen molar-refractivity contribution < 1.29 is 10.2 Å². The van der Waals surface area contributed by atoms with Gasteiger partial charge in [-0.25, -0.2) is 0 Å². The van der Waals surface area contributed by atoms with Crippen LogP contribution in [0.1, 0.15) is 66.2 Å². The quantitative estimate of drug-likeness (QED) is 0.681. The lowest BCUT2D eigenvalue weighted by atomic mass is 9.49. The average molecular weight is 357 g/mol. The largest absolute Gasteiger partial charge is 0.393 e. The van der Waals surface area contributed by atoms with E-state index in [0.29, 0.717) is 29.6 Å². The first-order valence-corrected chi connectivity index (χ1v) is 10.7. The molecule has 0 heterocycles. The lowest BCUT2D eigenvalue weighted by molar-refractivity contribution is -0.0537. The van der Waals surface area contributed by atoms with Gasteiger partial charge in [0, 0.05) is 11.8 Å². The van der Waals surface area contributed by atoms with Crippen LogP contribution in [-0.4, -0.2) is 22.4 Å². The SMILES string of the molecule is CC=C[C@@H](C)[C@H]1CC[C@H]2C3=CC=C4CC(O)CC(O)[C@]4(C)[C@H]3CC[C@]12C. The summed E-state index contributed by atoms with van der Waals surface area (Å²) in [4.78, 5) is 0. The summed E-state index contributed by atoms with van der Waals surface area (Å²) in [6.07, 6.45) is 14.8. The van der Waals surface area contributed by atoms with Crippen molar-refractivity contribution in [1.29, 1.82) is 0 Å². The normalized spacial score (nSPS) is 49.1. The molecule has 8 atom stereocenters. The molecule has 0 spiro atoms. The van der Waals surface area contributed by atoms with Crippen LogP contribution in [0, 0.1) is 34.5 Å². The third-order valence-electron chi connectivity index (χ3n) is 8.85. The molecule has 0 aliphatic heterocycles. The number of allylic oxidation sites excluding steroid dienone is 5. The second-order valence-electron chi connectivity index (χ2n) is 9.97. The van der Waals surface area contributed by atoms with Crippen molar-refractivity contribution >= 4 is 0 Å². The first-order valence-electron chi connectivity index (χ1n) is 10.7. The molecule has 0 amide bonds. The second-order valence-corrected chi connectivity index (χ2v) is 9.97. The maximum atomic E-state index is 11.0. The van der Waals surface area contributed by atoms with Crippen LogP contribution in [0.4, 0.5) is 0 Å². The Labute approximate surface area is 159 Å². The summed E-state index contributed by atoms with van der Waals surface area (Å²) >= 11 is 0. The molecule has 0 bridgehead atoms. The molecule has 4 aliphatic rings. The Balaban J connectivity index is 1.69. The Bertz CT molecular complexity index is 659. The standard InChI is InChI=1S/C24H36O2/c1-5-6-15(2)19-9-10-20-18-8-7-16-13-17(25)14-22(26)24(16,4)21(18)11-12-23(19,20)3/h5-8,15,17,19-22,25-26H,9-14H2,1-4H3/t15-,17?,19-,20+,21+,22?,23-,24+/m1/s1. The summed E-state index contributed by atoms with van der Waals surface area (Å²) in [5.74, 6) is 2.53. The summed E-state index contributed by atoms with van der Waals surface area (Å²) in [5.41, 5.74) is 3.10. The van der Waals surface area contributed by atoms with Crippen LogP contribution in [0.25, 0.3) is 0 Å². The van der Waals surface area contributed by atoms with Crippen LogP contribution in [-0.2, 0) is 0 Å². The van der Waals surface area contributed by atoms with Crippen LogP contribution in [0.3, 0.4) is 0 Å². The Kier molecular flexibility index (Phi) is 4.51. The molecule has 144 valence electrons. The van der Waals surface area contributed by atoms with Crippen LogP contribution < -0.4 is 0 Å². The molecule has 2 heteroatoms. The molecule has 3 fully saturated rings. The number of aliphatic hydroxyl groups is 2. The van der Waals surface area contributed by atoms with E-state index in [1.807, 2.05) is 0 Å².